The highest BCUT2D eigenvalue weighted by Crippen LogP contribution is 2.21. The first-order chi connectivity index (χ1) is 10.2. The first kappa shape index (κ1) is 13.3. The molecule has 0 radical (unpaired) electrons. The molecule has 2 heterocycles. The number of benzene rings is 1. The van der Waals surface area contributed by atoms with Crippen LogP contribution in [0.5, 0.6) is 5.75 Å². The molecule has 3 rings (SSSR count). The van der Waals surface area contributed by atoms with Gasteiger partial charge in [0.1, 0.15) is 11.4 Å². The van der Waals surface area contributed by atoms with Crippen molar-refractivity contribution in [3.8, 4) is 5.75 Å². The van der Waals surface area contributed by atoms with E-state index in [-0.39, 0.29) is 5.78 Å². The summed E-state index contributed by atoms with van der Waals surface area (Å²) < 4.78 is 6.84. The number of hydrogen-bond acceptors (Lipinski definition) is 4. The van der Waals surface area contributed by atoms with E-state index in [9.17, 15) is 4.79 Å². The fourth-order valence-corrected chi connectivity index (χ4v) is 2.32. The van der Waals surface area contributed by atoms with Gasteiger partial charge in [-0.05, 0) is 37.3 Å². The molecule has 0 atom stereocenters. The Hall–Kier alpha value is -2.69. The van der Waals surface area contributed by atoms with E-state index < -0.39 is 0 Å². The lowest BCUT2D eigenvalue weighted by Gasteiger charge is -2.05. The predicted molar refractivity (Wildman–Crippen MR) is 79.6 cm³/mol. The van der Waals surface area contributed by atoms with Gasteiger partial charge in [-0.25, -0.2) is 0 Å². The summed E-state index contributed by atoms with van der Waals surface area (Å²) in [6, 6.07) is 8.89. The largest absolute Gasteiger partial charge is 0.497 e. The molecule has 0 bridgehead atoms. The summed E-state index contributed by atoms with van der Waals surface area (Å²) in [5.41, 5.74) is 1.96. The van der Waals surface area contributed by atoms with Crippen LogP contribution in [0.15, 0.2) is 42.7 Å². The number of aromatic nitrogens is 3. The third-order valence-corrected chi connectivity index (χ3v) is 3.41. The van der Waals surface area contributed by atoms with Gasteiger partial charge in [0.25, 0.3) is 0 Å². The molecule has 106 valence electrons. The number of hydrogen-bond donors (Lipinski definition) is 0. The van der Waals surface area contributed by atoms with Crippen LogP contribution >= 0.6 is 0 Å². The van der Waals surface area contributed by atoms with Crippen molar-refractivity contribution in [3.05, 3.63) is 54.0 Å². The van der Waals surface area contributed by atoms with Crippen molar-refractivity contribution in [1.29, 1.82) is 0 Å². The van der Waals surface area contributed by atoms with Crippen LogP contribution in [0.3, 0.4) is 0 Å². The van der Waals surface area contributed by atoms with Gasteiger partial charge in [0.15, 0.2) is 0 Å². The lowest BCUT2D eigenvalue weighted by molar-refractivity contribution is 0.103. The summed E-state index contributed by atoms with van der Waals surface area (Å²) >= 11 is 0. The zero-order chi connectivity index (χ0) is 14.8. The summed E-state index contributed by atoms with van der Waals surface area (Å²) in [4.78, 5) is 16.9. The summed E-state index contributed by atoms with van der Waals surface area (Å²) in [5, 5.41) is 5.22. The number of carbonyl (C=O) groups is 1. The maximum atomic E-state index is 12.8. The number of fused-ring (bicyclic) bond motifs is 1. The van der Waals surface area contributed by atoms with E-state index in [0.717, 1.165) is 16.7 Å². The number of aryl methyl sites for hydroxylation is 1. The molecule has 2 aromatic heterocycles. The molecule has 0 aliphatic heterocycles. The maximum absolute atomic E-state index is 12.8. The van der Waals surface area contributed by atoms with Crippen molar-refractivity contribution >= 4 is 16.7 Å². The number of rotatable bonds is 4. The first-order valence-electron chi connectivity index (χ1n) is 6.74. The number of methoxy groups -OCH3 is 1. The topological polar surface area (TPSA) is 57.0 Å². The highest BCUT2D eigenvalue weighted by atomic mass is 16.5. The number of pyridine rings is 1. The van der Waals surface area contributed by atoms with Crippen molar-refractivity contribution in [2.75, 3.05) is 7.11 Å². The molecule has 21 heavy (non-hydrogen) atoms. The molecular weight excluding hydrogens is 266 g/mol. The van der Waals surface area contributed by atoms with Gasteiger partial charge in [0.2, 0.25) is 5.78 Å². The van der Waals surface area contributed by atoms with Crippen LogP contribution in [0.1, 0.15) is 23.0 Å². The van der Waals surface area contributed by atoms with Gasteiger partial charge in [-0.15, -0.1) is 0 Å². The number of nitrogens with zero attached hydrogens (tertiary/aromatic N) is 3. The van der Waals surface area contributed by atoms with Gasteiger partial charge >= 0.3 is 0 Å². The summed E-state index contributed by atoms with van der Waals surface area (Å²) in [5.74, 6) is 0.664. The zero-order valence-electron chi connectivity index (χ0n) is 11.9. The van der Waals surface area contributed by atoms with Crippen LogP contribution in [0.2, 0.25) is 0 Å². The molecule has 5 nitrogen and oxygen atoms in total. The highest BCUT2D eigenvalue weighted by Gasteiger charge is 2.19. The van der Waals surface area contributed by atoms with Gasteiger partial charge in [-0.1, -0.05) is 0 Å². The van der Waals surface area contributed by atoms with E-state index >= 15 is 0 Å². The number of ketones is 1. The standard InChI is InChI=1S/C16H15N3O2/c1-3-19-15(13-10-17-9-8-14(13)18-19)16(20)11-4-6-12(21-2)7-5-11/h4-10H,3H2,1-2H3. The lowest BCUT2D eigenvalue weighted by Crippen LogP contribution is -2.10. The molecule has 0 aliphatic carbocycles. The Morgan fingerprint density at radius 1 is 1.24 bits per heavy atom. The summed E-state index contributed by atoms with van der Waals surface area (Å²) in [7, 11) is 1.60. The maximum Gasteiger partial charge on any atom is 0.211 e. The Morgan fingerprint density at radius 2 is 2.00 bits per heavy atom. The van der Waals surface area contributed by atoms with Crippen LogP contribution in [0, 0.1) is 0 Å². The van der Waals surface area contributed by atoms with Crippen molar-refractivity contribution < 1.29 is 9.53 Å². The van der Waals surface area contributed by atoms with Gasteiger partial charge in [0.05, 0.1) is 12.6 Å². The number of ether oxygens (including phenoxy) is 1. The molecule has 0 saturated heterocycles. The second-order valence-electron chi connectivity index (χ2n) is 4.61. The Labute approximate surface area is 122 Å². The van der Waals surface area contributed by atoms with Gasteiger partial charge in [-0.3, -0.25) is 14.5 Å². The van der Waals surface area contributed by atoms with Gasteiger partial charge in [0, 0.05) is 29.9 Å². The van der Waals surface area contributed by atoms with Crippen LogP contribution in [0.25, 0.3) is 10.9 Å². The van der Waals surface area contributed by atoms with Crippen molar-refractivity contribution in [2.45, 2.75) is 13.5 Å². The monoisotopic (exact) mass is 281 g/mol. The van der Waals surface area contributed by atoms with E-state index in [1.54, 1.807) is 48.5 Å². The van der Waals surface area contributed by atoms with E-state index in [4.69, 9.17) is 4.74 Å². The summed E-state index contributed by atoms with van der Waals surface area (Å²) in [6.45, 7) is 2.59. The molecule has 0 aliphatic rings. The zero-order valence-corrected chi connectivity index (χ0v) is 11.9. The number of carbonyl (C=O) groups excluding carboxylic acids is 1. The molecule has 1 aromatic carbocycles. The predicted octanol–water partition coefficient (Wildman–Crippen LogP) is 2.69. The molecule has 0 unspecified atom stereocenters. The fraction of sp³-hybridized carbons (Fsp3) is 0.188. The Balaban J connectivity index is 2.11. The molecule has 0 fully saturated rings. The highest BCUT2D eigenvalue weighted by molar-refractivity contribution is 6.14. The molecule has 5 heteroatoms. The van der Waals surface area contributed by atoms with Gasteiger partial charge in [-0.2, -0.15) is 5.10 Å². The Morgan fingerprint density at radius 3 is 2.67 bits per heavy atom. The van der Waals surface area contributed by atoms with Crippen LogP contribution in [-0.2, 0) is 6.54 Å². The smallest absolute Gasteiger partial charge is 0.211 e. The first-order valence-corrected chi connectivity index (χ1v) is 6.74. The average Bonchev–Trinajstić information content (AvgIpc) is 2.92. The van der Waals surface area contributed by atoms with E-state index in [1.165, 1.54) is 0 Å². The van der Waals surface area contributed by atoms with E-state index in [2.05, 4.69) is 10.1 Å². The Kier molecular flexibility index (Phi) is 3.39. The Bertz CT molecular complexity index is 791. The third kappa shape index (κ3) is 2.27. The van der Waals surface area contributed by atoms with Crippen LogP contribution < -0.4 is 4.74 Å². The van der Waals surface area contributed by atoms with Crippen molar-refractivity contribution in [1.82, 2.24) is 14.8 Å². The normalized spacial score (nSPS) is 10.8. The SMILES string of the molecule is CCn1nc2ccncc2c1C(=O)c1ccc(OC)cc1. The second kappa shape index (κ2) is 5.36. The minimum atomic E-state index is -0.0602. The molecule has 0 amide bonds. The molecule has 3 aromatic rings. The van der Waals surface area contributed by atoms with Crippen LogP contribution in [0.4, 0.5) is 0 Å². The van der Waals surface area contributed by atoms with Gasteiger partial charge < -0.3 is 4.74 Å². The summed E-state index contributed by atoms with van der Waals surface area (Å²) in [6.07, 6.45) is 3.36. The molecule has 0 saturated carbocycles. The average molecular weight is 281 g/mol. The third-order valence-electron chi connectivity index (χ3n) is 3.41. The quantitative estimate of drug-likeness (QED) is 0.690. The van der Waals surface area contributed by atoms with E-state index in [0.29, 0.717) is 17.8 Å². The molecule has 0 N–H and O–H groups in total. The molecular formula is C16H15N3O2. The lowest BCUT2D eigenvalue weighted by atomic mass is 10.1. The minimum absolute atomic E-state index is 0.0602. The minimum Gasteiger partial charge on any atom is -0.497 e. The second-order valence-corrected chi connectivity index (χ2v) is 4.61. The fourth-order valence-electron chi connectivity index (χ4n) is 2.32. The van der Waals surface area contributed by atoms with Crippen LogP contribution in [-0.4, -0.2) is 27.7 Å². The van der Waals surface area contributed by atoms with Crippen molar-refractivity contribution in [2.24, 2.45) is 0 Å². The van der Waals surface area contributed by atoms with E-state index in [1.807, 2.05) is 13.0 Å². The van der Waals surface area contributed by atoms with Crippen molar-refractivity contribution in [3.63, 3.8) is 0 Å². The molecule has 0 spiro atoms.